The largest absolute Gasteiger partial charge is 0.392 e. The van der Waals surface area contributed by atoms with E-state index in [1.54, 1.807) is 17.6 Å². The Morgan fingerprint density at radius 2 is 2.29 bits per heavy atom. The fourth-order valence-electron chi connectivity index (χ4n) is 1.50. The first kappa shape index (κ1) is 11.8. The summed E-state index contributed by atoms with van der Waals surface area (Å²) in [6.45, 7) is 3.92. The molecule has 0 aliphatic carbocycles. The van der Waals surface area contributed by atoms with E-state index < -0.39 is 0 Å². The molecule has 2 aromatic rings. The van der Waals surface area contributed by atoms with Crippen LogP contribution in [0.25, 0.3) is 5.65 Å². The Bertz CT molecular complexity index is 468. The van der Waals surface area contributed by atoms with Crippen molar-refractivity contribution in [3.63, 3.8) is 0 Å². The Labute approximate surface area is 99.7 Å². The van der Waals surface area contributed by atoms with Crippen LogP contribution in [0.2, 0.25) is 0 Å². The molecule has 6 nitrogen and oxygen atoms in total. The standard InChI is InChI=1S/C11H17N5O/c1-9(17)8-12-5-6-13-10-3-7-16-11(15-10)2-4-14-16/h2-4,7,9,12,17H,5-6,8H2,1H3,(H,13,15). The monoisotopic (exact) mass is 235 g/mol. The minimum Gasteiger partial charge on any atom is -0.392 e. The zero-order chi connectivity index (χ0) is 12.1. The highest BCUT2D eigenvalue weighted by Crippen LogP contribution is 2.04. The van der Waals surface area contributed by atoms with Gasteiger partial charge in [0.1, 0.15) is 5.82 Å². The molecule has 0 fully saturated rings. The molecule has 17 heavy (non-hydrogen) atoms. The van der Waals surface area contributed by atoms with E-state index in [-0.39, 0.29) is 6.10 Å². The smallest absolute Gasteiger partial charge is 0.157 e. The normalized spacial score (nSPS) is 12.8. The summed E-state index contributed by atoms with van der Waals surface area (Å²) in [6, 6.07) is 3.74. The summed E-state index contributed by atoms with van der Waals surface area (Å²) in [5.74, 6) is 0.830. The van der Waals surface area contributed by atoms with Crippen molar-refractivity contribution in [1.29, 1.82) is 0 Å². The lowest BCUT2D eigenvalue weighted by Gasteiger charge is -2.08. The van der Waals surface area contributed by atoms with Gasteiger partial charge in [0.05, 0.1) is 12.3 Å². The summed E-state index contributed by atoms with van der Waals surface area (Å²) in [4.78, 5) is 4.38. The Morgan fingerprint density at radius 3 is 3.12 bits per heavy atom. The Kier molecular flexibility index (Phi) is 3.89. The van der Waals surface area contributed by atoms with Crippen LogP contribution in [0.4, 0.5) is 5.82 Å². The lowest BCUT2D eigenvalue weighted by Crippen LogP contribution is -2.29. The third kappa shape index (κ3) is 3.40. The van der Waals surface area contributed by atoms with Crippen molar-refractivity contribution < 1.29 is 5.11 Å². The van der Waals surface area contributed by atoms with Crippen LogP contribution in [0.15, 0.2) is 24.5 Å². The Morgan fingerprint density at radius 1 is 1.41 bits per heavy atom. The fourth-order valence-corrected chi connectivity index (χ4v) is 1.50. The van der Waals surface area contributed by atoms with Gasteiger partial charge in [-0.05, 0) is 13.0 Å². The highest BCUT2D eigenvalue weighted by molar-refractivity contribution is 5.45. The number of hydrogen-bond acceptors (Lipinski definition) is 5. The van der Waals surface area contributed by atoms with Crippen LogP contribution in [0.1, 0.15) is 6.92 Å². The zero-order valence-electron chi connectivity index (χ0n) is 9.80. The van der Waals surface area contributed by atoms with Crippen molar-refractivity contribution in [3.8, 4) is 0 Å². The van der Waals surface area contributed by atoms with E-state index in [1.165, 1.54) is 0 Å². The van der Waals surface area contributed by atoms with Crippen LogP contribution >= 0.6 is 0 Å². The lowest BCUT2D eigenvalue weighted by atomic mass is 10.4. The number of anilines is 1. The zero-order valence-corrected chi connectivity index (χ0v) is 9.80. The van der Waals surface area contributed by atoms with E-state index in [0.717, 1.165) is 24.6 Å². The summed E-state index contributed by atoms with van der Waals surface area (Å²) in [7, 11) is 0. The summed E-state index contributed by atoms with van der Waals surface area (Å²) in [5, 5.41) is 19.5. The molecule has 0 bridgehead atoms. The van der Waals surface area contributed by atoms with Gasteiger partial charge in [0.2, 0.25) is 0 Å². The third-order valence-corrected chi connectivity index (χ3v) is 2.31. The van der Waals surface area contributed by atoms with Crippen LogP contribution in [0.3, 0.4) is 0 Å². The van der Waals surface area contributed by atoms with Crippen LogP contribution in [-0.4, -0.2) is 45.4 Å². The highest BCUT2D eigenvalue weighted by atomic mass is 16.3. The number of fused-ring (bicyclic) bond motifs is 1. The average Bonchev–Trinajstić information content (AvgIpc) is 2.75. The summed E-state index contributed by atoms with van der Waals surface area (Å²) in [6.07, 6.45) is 3.28. The maximum absolute atomic E-state index is 9.06. The number of hydrogen-bond donors (Lipinski definition) is 3. The van der Waals surface area contributed by atoms with E-state index in [1.807, 2.05) is 18.3 Å². The van der Waals surface area contributed by atoms with Crippen molar-refractivity contribution in [3.05, 3.63) is 24.5 Å². The predicted octanol–water partition coefficient (Wildman–Crippen LogP) is 0.112. The molecular weight excluding hydrogens is 218 g/mol. The summed E-state index contributed by atoms with van der Waals surface area (Å²) < 4.78 is 1.72. The van der Waals surface area contributed by atoms with Gasteiger partial charge in [-0.15, -0.1) is 0 Å². The molecule has 2 heterocycles. The molecule has 0 aromatic carbocycles. The van der Waals surface area contributed by atoms with Gasteiger partial charge in [0.15, 0.2) is 5.65 Å². The van der Waals surface area contributed by atoms with Gasteiger partial charge < -0.3 is 15.7 Å². The van der Waals surface area contributed by atoms with Gasteiger partial charge >= 0.3 is 0 Å². The van der Waals surface area contributed by atoms with Crippen LogP contribution in [-0.2, 0) is 0 Å². The predicted molar refractivity (Wildman–Crippen MR) is 66.0 cm³/mol. The van der Waals surface area contributed by atoms with Gasteiger partial charge in [-0.2, -0.15) is 5.10 Å². The summed E-state index contributed by atoms with van der Waals surface area (Å²) >= 11 is 0. The SMILES string of the molecule is CC(O)CNCCNc1ccn2nccc2n1. The molecule has 92 valence electrons. The maximum atomic E-state index is 9.06. The van der Waals surface area contributed by atoms with E-state index in [4.69, 9.17) is 5.11 Å². The first-order valence-corrected chi connectivity index (χ1v) is 5.69. The molecule has 2 aromatic heterocycles. The molecule has 0 radical (unpaired) electrons. The van der Waals surface area contributed by atoms with Crippen LogP contribution in [0, 0.1) is 0 Å². The lowest BCUT2D eigenvalue weighted by molar-refractivity contribution is 0.192. The van der Waals surface area contributed by atoms with Crippen molar-refractivity contribution in [2.75, 3.05) is 25.0 Å². The van der Waals surface area contributed by atoms with E-state index in [9.17, 15) is 0 Å². The second-order valence-electron chi connectivity index (χ2n) is 3.93. The molecule has 0 saturated carbocycles. The molecule has 0 spiro atoms. The topological polar surface area (TPSA) is 74.5 Å². The minimum atomic E-state index is -0.309. The molecule has 0 aliphatic heterocycles. The fraction of sp³-hybridized carbons (Fsp3) is 0.455. The quantitative estimate of drug-likeness (QED) is 0.620. The minimum absolute atomic E-state index is 0.309. The molecule has 3 N–H and O–H groups in total. The first-order chi connectivity index (χ1) is 8.25. The molecule has 0 aliphatic rings. The van der Waals surface area contributed by atoms with Gasteiger partial charge in [-0.25, -0.2) is 9.50 Å². The highest BCUT2D eigenvalue weighted by Gasteiger charge is 1.98. The molecule has 6 heteroatoms. The second kappa shape index (κ2) is 5.60. The Hall–Kier alpha value is -1.66. The number of aliphatic hydroxyl groups excluding tert-OH is 1. The van der Waals surface area contributed by atoms with Gasteiger partial charge in [0.25, 0.3) is 0 Å². The number of aliphatic hydroxyl groups is 1. The average molecular weight is 235 g/mol. The van der Waals surface area contributed by atoms with Crippen molar-refractivity contribution in [2.45, 2.75) is 13.0 Å². The molecule has 2 rings (SSSR count). The van der Waals surface area contributed by atoms with E-state index in [2.05, 4.69) is 20.7 Å². The third-order valence-electron chi connectivity index (χ3n) is 2.31. The molecule has 0 amide bonds. The van der Waals surface area contributed by atoms with Crippen LogP contribution < -0.4 is 10.6 Å². The van der Waals surface area contributed by atoms with Crippen molar-refractivity contribution in [1.82, 2.24) is 19.9 Å². The number of nitrogens with zero attached hydrogens (tertiary/aromatic N) is 3. The molecule has 1 unspecified atom stereocenters. The van der Waals surface area contributed by atoms with Gasteiger partial charge in [-0.3, -0.25) is 0 Å². The molecular formula is C11H17N5O. The van der Waals surface area contributed by atoms with Crippen molar-refractivity contribution in [2.24, 2.45) is 0 Å². The van der Waals surface area contributed by atoms with Crippen LogP contribution in [0.5, 0.6) is 0 Å². The number of aromatic nitrogens is 3. The molecule has 0 saturated heterocycles. The first-order valence-electron chi connectivity index (χ1n) is 5.69. The van der Waals surface area contributed by atoms with Crippen molar-refractivity contribution >= 4 is 11.5 Å². The van der Waals surface area contributed by atoms with Gasteiger partial charge in [-0.1, -0.05) is 0 Å². The van der Waals surface area contributed by atoms with E-state index in [0.29, 0.717) is 6.54 Å². The summed E-state index contributed by atoms with van der Waals surface area (Å²) in [5.41, 5.74) is 0.826. The maximum Gasteiger partial charge on any atom is 0.157 e. The van der Waals surface area contributed by atoms with Gasteiger partial charge in [0, 0.05) is 31.9 Å². The number of nitrogens with one attached hydrogen (secondary N) is 2. The van der Waals surface area contributed by atoms with E-state index >= 15 is 0 Å². The number of rotatable bonds is 6. The molecule has 1 atom stereocenters. The Balaban J connectivity index is 1.78. The second-order valence-corrected chi connectivity index (χ2v) is 3.93.